The number of rotatable bonds is 7. The third-order valence-corrected chi connectivity index (χ3v) is 3.60. The molecule has 0 aliphatic heterocycles. The summed E-state index contributed by atoms with van der Waals surface area (Å²) in [5.41, 5.74) is 0.975. The lowest BCUT2D eigenvalue weighted by Gasteiger charge is -2.20. The minimum atomic E-state index is 0.558. The fourth-order valence-corrected chi connectivity index (χ4v) is 2.44. The number of ether oxygens (including phenoxy) is 1. The van der Waals surface area contributed by atoms with Gasteiger partial charge in [-0.05, 0) is 30.7 Å². The van der Waals surface area contributed by atoms with Gasteiger partial charge in [0.05, 0.1) is 12.2 Å². The predicted molar refractivity (Wildman–Crippen MR) is 93.4 cm³/mol. The molecule has 0 N–H and O–H groups in total. The Bertz CT molecular complexity index is 771. The van der Waals surface area contributed by atoms with E-state index < -0.39 is 0 Å². The number of hydrogen-bond acceptors (Lipinski definition) is 5. The van der Waals surface area contributed by atoms with E-state index in [2.05, 4.69) is 22.0 Å². The fourth-order valence-electron chi connectivity index (χ4n) is 2.44. The highest BCUT2D eigenvalue weighted by molar-refractivity contribution is 5.59. The SMILES string of the molecule is CCCc1nc(CN(C)c2ccccc2Oc2ccccc2)no1. The summed E-state index contributed by atoms with van der Waals surface area (Å²) in [6.45, 7) is 2.65. The maximum absolute atomic E-state index is 6.01. The Kier molecular flexibility index (Phi) is 5.11. The summed E-state index contributed by atoms with van der Waals surface area (Å²) in [5, 5.41) is 4.05. The van der Waals surface area contributed by atoms with E-state index in [9.17, 15) is 0 Å². The summed E-state index contributed by atoms with van der Waals surface area (Å²) in [7, 11) is 1.99. The van der Waals surface area contributed by atoms with Gasteiger partial charge in [0.15, 0.2) is 11.6 Å². The normalized spacial score (nSPS) is 10.6. The molecule has 3 aromatic rings. The number of benzene rings is 2. The van der Waals surface area contributed by atoms with E-state index in [1.807, 2.05) is 61.6 Å². The lowest BCUT2D eigenvalue weighted by atomic mass is 10.2. The summed E-state index contributed by atoms with van der Waals surface area (Å²) in [5.74, 6) is 2.97. The van der Waals surface area contributed by atoms with Crippen LogP contribution in [0.15, 0.2) is 59.1 Å². The molecule has 3 rings (SSSR count). The molecule has 0 amide bonds. The average Bonchev–Trinajstić information content (AvgIpc) is 3.03. The van der Waals surface area contributed by atoms with Gasteiger partial charge in [-0.1, -0.05) is 42.4 Å². The molecule has 0 bridgehead atoms. The van der Waals surface area contributed by atoms with Gasteiger partial charge in [-0.2, -0.15) is 4.98 Å². The molecule has 1 heterocycles. The summed E-state index contributed by atoms with van der Waals surface area (Å²) in [4.78, 5) is 6.47. The Labute approximate surface area is 141 Å². The van der Waals surface area contributed by atoms with Crippen LogP contribution in [-0.2, 0) is 13.0 Å². The molecule has 0 aliphatic rings. The Morgan fingerprint density at radius 2 is 1.79 bits per heavy atom. The van der Waals surface area contributed by atoms with E-state index in [4.69, 9.17) is 9.26 Å². The minimum Gasteiger partial charge on any atom is -0.455 e. The molecule has 0 atom stereocenters. The van der Waals surface area contributed by atoms with Gasteiger partial charge in [0.2, 0.25) is 5.89 Å². The maximum atomic E-state index is 6.01. The smallest absolute Gasteiger partial charge is 0.226 e. The van der Waals surface area contributed by atoms with Crippen molar-refractivity contribution in [2.75, 3.05) is 11.9 Å². The van der Waals surface area contributed by atoms with E-state index in [1.54, 1.807) is 0 Å². The van der Waals surface area contributed by atoms with Crippen LogP contribution in [0, 0.1) is 0 Å². The van der Waals surface area contributed by atoms with Crippen molar-refractivity contribution in [3.63, 3.8) is 0 Å². The second-order valence-corrected chi connectivity index (χ2v) is 5.59. The Balaban J connectivity index is 1.75. The van der Waals surface area contributed by atoms with Crippen LogP contribution >= 0.6 is 0 Å². The summed E-state index contributed by atoms with van der Waals surface area (Å²) in [6, 6.07) is 17.7. The molecule has 0 fully saturated rings. The number of aromatic nitrogens is 2. The van der Waals surface area contributed by atoms with Gasteiger partial charge in [0, 0.05) is 13.5 Å². The zero-order chi connectivity index (χ0) is 16.8. The third kappa shape index (κ3) is 3.93. The summed E-state index contributed by atoms with van der Waals surface area (Å²) in [6.07, 6.45) is 1.80. The number of hydrogen-bond donors (Lipinski definition) is 0. The van der Waals surface area contributed by atoms with Gasteiger partial charge in [-0.25, -0.2) is 0 Å². The molecule has 5 heteroatoms. The van der Waals surface area contributed by atoms with Gasteiger partial charge in [0.1, 0.15) is 5.75 Å². The zero-order valence-corrected chi connectivity index (χ0v) is 14.0. The van der Waals surface area contributed by atoms with E-state index in [-0.39, 0.29) is 0 Å². The molecule has 0 radical (unpaired) electrons. The van der Waals surface area contributed by atoms with Crippen LogP contribution in [0.5, 0.6) is 11.5 Å². The summed E-state index contributed by atoms with van der Waals surface area (Å²) < 4.78 is 11.3. The third-order valence-electron chi connectivity index (χ3n) is 3.60. The van der Waals surface area contributed by atoms with Crippen LogP contribution in [0.3, 0.4) is 0 Å². The van der Waals surface area contributed by atoms with E-state index in [1.165, 1.54) is 0 Å². The van der Waals surface area contributed by atoms with Crippen molar-refractivity contribution in [2.24, 2.45) is 0 Å². The van der Waals surface area contributed by atoms with E-state index in [0.717, 1.165) is 30.0 Å². The van der Waals surface area contributed by atoms with Crippen molar-refractivity contribution >= 4 is 5.69 Å². The van der Waals surface area contributed by atoms with Gasteiger partial charge in [-0.3, -0.25) is 0 Å². The monoisotopic (exact) mass is 323 g/mol. The van der Waals surface area contributed by atoms with Gasteiger partial charge in [-0.15, -0.1) is 0 Å². The largest absolute Gasteiger partial charge is 0.455 e. The molecule has 24 heavy (non-hydrogen) atoms. The lowest BCUT2D eigenvalue weighted by Crippen LogP contribution is -2.18. The zero-order valence-electron chi connectivity index (χ0n) is 14.0. The first kappa shape index (κ1) is 16.1. The average molecular weight is 323 g/mol. The molecule has 1 aromatic heterocycles. The highest BCUT2D eigenvalue weighted by Crippen LogP contribution is 2.31. The maximum Gasteiger partial charge on any atom is 0.226 e. The van der Waals surface area contributed by atoms with Crippen molar-refractivity contribution in [3.05, 3.63) is 66.3 Å². The molecule has 0 saturated heterocycles. The number of aryl methyl sites for hydroxylation is 1. The molecular weight excluding hydrogens is 302 g/mol. The van der Waals surface area contributed by atoms with Gasteiger partial charge >= 0.3 is 0 Å². The molecular formula is C19H21N3O2. The molecule has 0 unspecified atom stereocenters. The number of anilines is 1. The predicted octanol–water partition coefficient (Wildman–Crippen LogP) is 4.45. The summed E-state index contributed by atoms with van der Waals surface area (Å²) >= 11 is 0. The first-order valence-electron chi connectivity index (χ1n) is 8.11. The van der Waals surface area contributed by atoms with E-state index in [0.29, 0.717) is 18.3 Å². The fraction of sp³-hybridized carbons (Fsp3) is 0.263. The van der Waals surface area contributed by atoms with E-state index >= 15 is 0 Å². The Morgan fingerprint density at radius 1 is 1.04 bits per heavy atom. The van der Waals surface area contributed by atoms with Crippen LogP contribution in [0.25, 0.3) is 0 Å². The van der Waals surface area contributed by atoms with Crippen LogP contribution < -0.4 is 9.64 Å². The van der Waals surface area contributed by atoms with Gasteiger partial charge < -0.3 is 14.2 Å². The molecule has 0 spiro atoms. The van der Waals surface area contributed by atoms with Crippen LogP contribution in [-0.4, -0.2) is 17.2 Å². The molecule has 5 nitrogen and oxygen atoms in total. The van der Waals surface area contributed by atoms with Crippen LogP contribution in [0.1, 0.15) is 25.1 Å². The first-order chi connectivity index (χ1) is 11.8. The molecule has 124 valence electrons. The molecule has 0 aliphatic carbocycles. The molecule has 2 aromatic carbocycles. The highest BCUT2D eigenvalue weighted by atomic mass is 16.5. The van der Waals surface area contributed by atoms with Crippen molar-refractivity contribution in [2.45, 2.75) is 26.3 Å². The Hall–Kier alpha value is -2.82. The lowest BCUT2D eigenvalue weighted by molar-refractivity contribution is 0.372. The number of nitrogens with zero attached hydrogens (tertiary/aromatic N) is 3. The van der Waals surface area contributed by atoms with Crippen LogP contribution in [0.4, 0.5) is 5.69 Å². The topological polar surface area (TPSA) is 51.4 Å². The standard InChI is InChI=1S/C19H21N3O2/c1-3-9-19-20-18(21-24-19)14-22(2)16-12-7-8-13-17(16)23-15-10-5-4-6-11-15/h4-8,10-13H,3,9,14H2,1-2H3. The minimum absolute atomic E-state index is 0.558. The molecule has 0 saturated carbocycles. The second-order valence-electron chi connectivity index (χ2n) is 5.59. The van der Waals surface area contributed by atoms with Crippen molar-refractivity contribution in [1.82, 2.24) is 10.1 Å². The van der Waals surface area contributed by atoms with Crippen molar-refractivity contribution < 1.29 is 9.26 Å². The van der Waals surface area contributed by atoms with Gasteiger partial charge in [0.25, 0.3) is 0 Å². The van der Waals surface area contributed by atoms with Crippen molar-refractivity contribution in [1.29, 1.82) is 0 Å². The van der Waals surface area contributed by atoms with Crippen LogP contribution in [0.2, 0.25) is 0 Å². The highest BCUT2D eigenvalue weighted by Gasteiger charge is 2.13. The van der Waals surface area contributed by atoms with Crippen molar-refractivity contribution in [3.8, 4) is 11.5 Å². The Morgan fingerprint density at radius 3 is 2.58 bits per heavy atom. The first-order valence-corrected chi connectivity index (χ1v) is 8.11. The second kappa shape index (κ2) is 7.64. The number of para-hydroxylation sites is 3. The quantitative estimate of drug-likeness (QED) is 0.643.